The van der Waals surface area contributed by atoms with E-state index < -0.39 is 42.9 Å². The molecule has 0 unspecified atom stereocenters. The Labute approximate surface area is 109 Å². The normalized spacial score (nSPS) is 34.4. The Hall–Kier alpha value is -1.31. The highest BCUT2D eigenvalue weighted by atomic mass is 16.7. The highest BCUT2D eigenvalue weighted by Gasteiger charge is 2.53. The molecule has 0 aliphatic carbocycles. The van der Waals surface area contributed by atoms with E-state index >= 15 is 0 Å². The van der Waals surface area contributed by atoms with Gasteiger partial charge in [-0.2, -0.15) is 0 Å². The minimum Gasteiger partial charge on any atom is -0.394 e. The molecule has 1 heterocycles. The van der Waals surface area contributed by atoms with Crippen LogP contribution in [0.25, 0.3) is 0 Å². The summed E-state index contributed by atoms with van der Waals surface area (Å²) in [4.78, 5) is 12.0. The largest absolute Gasteiger partial charge is 0.394 e. The van der Waals surface area contributed by atoms with E-state index in [0.717, 1.165) is 0 Å². The van der Waals surface area contributed by atoms with Gasteiger partial charge in [0.15, 0.2) is 5.78 Å². The molecular weight excluding hydrogens is 252 g/mol. The third-order valence-corrected chi connectivity index (χ3v) is 3.21. The SMILES string of the molecule is O=C(C[C@]1(O)O[C@H](CO)[C@H](O)[C@H]1O)c1ccccc1. The minimum atomic E-state index is -2.18. The molecule has 0 aromatic heterocycles. The monoisotopic (exact) mass is 268 g/mol. The zero-order chi connectivity index (χ0) is 14.0. The molecule has 1 aromatic rings. The molecule has 1 fully saturated rings. The lowest BCUT2D eigenvalue weighted by molar-refractivity contribution is -0.227. The van der Waals surface area contributed by atoms with Gasteiger partial charge in [0, 0.05) is 5.56 Å². The maximum absolute atomic E-state index is 12.0. The second-order valence-electron chi connectivity index (χ2n) is 4.59. The summed E-state index contributed by atoms with van der Waals surface area (Å²) >= 11 is 0. The second-order valence-corrected chi connectivity index (χ2v) is 4.59. The Morgan fingerprint density at radius 2 is 1.89 bits per heavy atom. The summed E-state index contributed by atoms with van der Waals surface area (Å²) in [5.41, 5.74) is 0.369. The second kappa shape index (κ2) is 5.36. The molecule has 19 heavy (non-hydrogen) atoms. The molecule has 0 bridgehead atoms. The van der Waals surface area contributed by atoms with E-state index in [9.17, 15) is 20.1 Å². The summed E-state index contributed by atoms with van der Waals surface area (Å²) in [5.74, 6) is -2.60. The van der Waals surface area contributed by atoms with Crippen molar-refractivity contribution in [1.82, 2.24) is 0 Å². The van der Waals surface area contributed by atoms with Gasteiger partial charge >= 0.3 is 0 Å². The number of carbonyl (C=O) groups excluding carboxylic acids is 1. The van der Waals surface area contributed by atoms with Crippen LogP contribution in [-0.4, -0.2) is 56.9 Å². The Morgan fingerprint density at radius 1 is 1.26 bits per heavy atom. The van der Waals surface area contributed by atoms with Gasteiger partial charge in [0.1, 0.15) is 18.3 Å². The van der Waals surface area contributed by atoms with E-state index in [1.54, 1.807) is 30.3 Å². The van der Waals surface area contributed by atoms with Crippen molar-refractivity contribution in [2.75, 3.05) is 6.61 Å². The minimum absolute atomic E-state index is 0.369. The predicted molar refractivity (Wildman–Crippen MR) is 64.3 cm³/mol. The van der Waals surface area contributed by atoms with Gasteiger partial charge in [-0.05, 0) is 0 Å². The fourth-order valence-electron chi connectivity index (χ4n) is 2.12. The number of benzene rings is 1. The molecule has 1 aliphatic rings. The molecule has 6 heteroatoms. The number of rotatable bonds is 4. The van der Waals surface area contributed by atoms with E-state index in [0.29, 0.717) is 5.56 Å². The van der Waals surface area contributed by atoms with Crippen molar-refractivity contribution in [3.8, 4) is 0 Å². The average molecular weight is 268 g/mol. The van der Waals surface area contributed by atoms with E-state index in [1.807, 2.05) is 0 Å². The molecule has 104 valence electrons. The Balaban J connectivity index is 2.12. The predicted octanol–water partition coefficient (Wildman–Crippen LogP) is -0.939. The van der Waals surface area contributed by atoms with Crippen LogP contribution in [0.5, 0.6) is 0 Å². The number of hydrogen-bond acceptors (Lipinski definition) is 6. The number of Topliss-reactive ketones (excluding diaryl/α,β-unsaturated/α-hetero) is 1. The van der Waals surface area contributed by atoms with Gasteiger partial charge in [0.25, 0.3) is 0 Å². The Morgan fingerprint density at radius 3 is 2.42 bits per heavy atom. The third kappa shape index (κ3) is 2.68. The van der Waals surface area contributed by atoms with Crippen LogP contribution in [0.3, 0.4) is 0 Å². The first-order chi connectivity index (χ1) is 8.98. The highest BCUT2D eigenvalue weighted by Crippen LogP contribution is 2.32. The van der Waals surface area contributed by atoms with Crippen LogP contribution in [-0.2, 0) is 4.74 Å². The van der Waals surface area contributed by atoms with Gasteiger partial charge in [-0.1, -0.05) is 30.3 Å². The molecule has 2 rings (SSSR count). The molecule has 4 atom stereocenters. The molecule has 1 aliphatic heterocycles. The van der Waals surface area contributed by atoms with Gasteiger partial charge in [0.2, 0.25) is 5.79 Å². The fourth-order valence-corrected chi connectivity index (χ4v) is 2.12. The van der Waals surface area contributed by atoms with E-state index in [1.165, 1.54) is 0 Å². The zero-order valence-electron chi connectivity index (χ0n) is 10.1. The van der Waals surface area contributed by atoms with Crippen molar-refractivity contribution < 1.29 is 30.0 Å². The lowest BCUT2D eigenvalue weighted by Crippen LogP contribution is -2.44. The van der Waals surface area contributed by atoms with Crippen LogP contribution in [0.1, 0.15) is 16.8 Å². The van der Waals surface area contributed by atoms with Crippen LogP contribution >= 0.6 is 0 Å². The van der Waals surface area contributed by atoms with Crippen molar-refractivity contribution in [3.63, 3.8) is 0 Å². The van der Waals surface area contributed by atoms with Crippen LogP contribution in [0, 0.1) is 0 Å². The van der Waals surface area contributed by atoms with Gasteiger partial charge in [-0.25, -0.2) is 0 Å². The van der Waals surface area contributed by atoms with Crippen LogP contribution in [0.4, 0.5) is 0 Å². The van der Waals surface area contributed by atoms with Crippen molar-refractivity contribution in [1.29, 1.82) is 0 Å². The molecule has 0 spiro atoms. The van der Waals surface area contributed by atoms with E-state index in [2.05, 4.69) is 0 Å². The standard InChI is InChI=1S/C13H16O6/c14-7-10-11(16)12(17)13(18,19-10)6-9(15)8-4-2-1-3-5-8/h1-5,10-12,14,16-18H,6-7H2/t10-,11+,12-,13+/m1/s1. The number of aliphatic hydroxyl groups is 4. The van der Waals surface area contributed by atoms with Crippen molar-refractivity contribution in [3.05, 3.63) is 35.9 Å². The van der Waals surface area contributed by atoms with Crippen molar-refractivity contribution in [2.45, 2.75) is 30.5 Å². The quantitative estimate of drug-likeness (QED) is 0.525. The van der Waals surface area contributed by atoms with Crippen LogP contribution < -0.4 is 0 Å². The number of carbonyl (C=O) groups is 1. The summed E-state index contributed by atoms with van der Waals surface area (Å²) < 4.78 is 5.00. The smallest absolute Gasteiger partial charge is 0.202 e. The molecular formula is C13H16O6. The summed E-state index contributed by atoms with van der Waals surface area (Å²) in [5, 5.41) is 38.3. The van der Waals surface area contributed by atoms with E-state index in [4.69, 9.17) is 9.84 Å². The summed E-state index contributed by atoms with van der Waals surface area (Å²) in [7, 11) is 0. The van der Waals surface area contributed by atoms with Gasteiger partial charge in [0.05, 0.1) is 13.0 Å². The summed E-state index contributed by atoms with van der Waals surface area (Å²) in [6.07, 6.45) is -4.68. The molecule has 4 N–H and O–H groups in total. The van der Waals surface area contributed by atoms with Crippen molar-refractivity contribution >= 4 is 5.78 Å². The topological polar surface area (TPSA) is 107 Å². The summed E-state index contributed by atoms with van der Waals surface area (Å²) in [6.45, 7) is -0.555. The molecule has 0 amide bonds. The molecule has 0 radical (unpaired) electrons. The molecule has 0 saturated carbocycles. The van der Waals surface area contributed by atoms with Gasteiger partial charge in [-0.3, -0.25) is 4.79 Å². The molecule has 1 aromatic carbocycles. The number of aliphatic hydroxyl groups excluding tert-OH is 3. The number of ether oxygens (including phenoxy) is 1. The van der Waals surface area contributed by atoms with Crippen molar-refractivity contribution in [2.24, 2.45) is 0 Å². The van der Waals surface area contributed by atoms with Gasteiger partial charge < -0.3 is 25.2 Å². The fraction of sp³-hybridized carbons (Fsp3) is 0.462. The average Bonchev–Trinajstić information content (AvgIpc) is 2.64. The maximum atomic E-state index is 12.0. The van der Waals surface area contributed by atoms with Crippen LogP contribution in [0.2, 0.25) is 0 Å². The zero-order valence-corrected chi connectivity index (χ0v) is 10.1. The number of hydrogen-bond donors (Lipinski definition) is 4. The maximum Gasteiger partial charge on any atom is 0.202 e. The lowest BCUT2D eigenvalue weighted by Gasteiger charge is -2.25. The first-order valence-electron chi connectivity index (χ1n) is 5.93. The molecule has 6 nitrogen and oxygen atoms in total. The summed E-state index contributed by atoms with van der Waals surface area (Å²) in [6, 6.07) is 8.25. The first kappa shape index (κ1) is 14.1. The highest BCUT2D eigenvalue weighted by molar-refractivity contribution is 5.96. The Kier molecular flexibility index (Phi) is 3.98. The van der Waals surface area contributed by atoms with Crippen LogP contribution in [0.15, 0.2) is 30.3 Å². The van der Waals surface area contributed by atoms with Gasteiger partial charge in [-0.15, -0.1) is 0 Å². The lowest BCUT2D eigenvalue weighted by atomic mass is 9.97. The molecule has 1 saturated heterocycles. The third-order valence-electron chi connectivity index (χ3n) is 3.21. The number of ketones is 1. The Bertz CT molecular complexity index is 448. The van der Waals surface area contributed by atoms with E-state index in [-0.39, 0.29) is 0 Å². The first-order valence-corrected chi connectivity index (χ1v) is 5.93.